The Hall–Kier alpha value is -1.66. The fourth-order valence-electron chi connectivity index (χ4n) is 1.83. The van der Waals surface area contributed by atoms with Crippen molar-refractivity contribution in [3.05, 3.63) is 33.9 Å². The molecule has 0 bridgehead atoms. The maximum Gasteiger partial charge on any atom is 0.292 e. The van der Waals surface area contributed by atoms with Crippen LogP contribution in [0, 0.1) is 17.0 Å². The van der Waals surface area contributed by atoms with E-state index in [9.17, 15) is 10.1 Å². The average Bonchev–Trinajstić information content (AvgIpc) is 2.37. The summed E-state index contributed by atoms with van der Waals surface area (Å²) in [6, 6.07) is 5.00. The quantitative estimate of drug-likeness (QED) is 0.652. The molecule has 98 valence electrons. The normalized spacial score (nSPS) is 19.5. The van der Waals surface area contributed by atoms with Crippen molar-refractivity contribution in [3.8, 4) is 0 Å². The molecule has 0 aromatic heterocycles. The Bertz CT molecular complexity index is 430. The van der Waals surface area contributed by atoms with E-state index in [2.05, 4.69) is 5.32 Å². The summed E-state index contributed by atoms with van der Waals surface area (Å²) in [4.78, 5) is 10.5. The number of rotatable bonds is 4. The van der Waals surface area contributed by atoms with Crippen LogP contribution in [0.1, 0.15) is 5.56 Å². The molecule has 0 saturated carbocycles. The largest absolute Gasteiger partial charge is 0.377 e. The van der Waals surface area contributed by atoms with Crippen LogP contribution in [0.2, 0.25) is 0 Å². The molecule has 1 unspecified atom stereocenters. The third kappa shape index (κ3) is 3.18. The van der Waals surface area contributed by atoms with Crippen LogP contribution in [0.15, 0.2) is 18.2 Å². The van der Waals surface area contributed by atoms with Crippen molar-refractivity contribution < 1.29 is 14.4 Å². The number of aryl methyl sites for hydroxylation is 1. The van der Waals surface area contributed by atoms with Gasteiger partial charge in [0.1, 0.15) is 5.69 Å². The highest BCUT2D eigenvalue weighted by molar-refractivity contribution is 5.62. The molecule has 1 aliphatic rings. The first-order chi connectivity index (χ1) is 8.66. The van der Waals surface area contributed by atoms with E-state index < -0.39 is 0 Å². The first kappa shape index (κ1) is 12.8. The summed E-state index contributed by atoms with van der Waals surface area (Å²) in [6.07, 6.45) is -0.0566. The number of anilines is 1. The summed E-state index contributed by atoms with van der Waals surface area (Å²) < 4.78 is 10.7. The second kappa shape index (κ2) is 5.79. The van der Waals surface area contributed by atoms with Gasteiger partial charge >= 0.3 is 0 Å². The molecular weight excluding hydrogens is 236 g/mol. The van der Waals surface area contributed by atoms with Gasteiger partial charge in [-0.3, -0.25) is 10.1 Å². The molecule has 0 spiro atoms. The summed E-state index contributed by atoms with van der Waals surface area (Å²) >= 11 is 0. The minimum Gasteiger partial charge on any atom is -0.377 e. The lowest BCUT2D eigenvalue weighted by Gasteiger charge is -2.23. The highest BCUT2D eigenvalue weighted by Gasteiger charge is 2.17. The van der Waals surface area contributed by atoms with Crippen molar-refractivity contribution in [1.29, 1.82) is 0 Å². The Labute approximate surface area is 105 Å². The number of nitro groups is 1. The Morgan fingerprint density at radius 2 is 2.33 bits per heavy atom. The lowest BCUT2D eigenvalue weighted by atomic mass is 10.2. The van der Waals surface area contributed by atoms with Crippen molar-refractivity contribution in [2.75, 3.05) is 31.7 Å². The molecule has 2 rings (SSSR count). The van der Waals surface area contributed by atoms with Gasteiger partial charge in [-0.15, -0.1) is 0 Å². The van der Waals surface area contributed by atoms with E-state index in [4.69, 9.17) is 9.47 Å². The fraction of sp³-hybridized carbons (Fsp3) is 0.500. The smallest absolute Gasteiger partial charge is 0.292 e. The molecule has 18 heavy (non-hydrogen) atoms. The zero-order valence-electron chi connectivity index (χ0n) is 10.2. The molecule has 1 aromatic rings. The molecule has 0 amide bonds. The van der Waals surface area contributed by atoms with E-state index in [0.717, 1.165) is 5.56 Å². The van der Waals surface area contributed by atoms with Crippen LogP contribution >= 0.6 is 0 Å². The van der Waals surface area contributed by atoms with Crippen LogP contribution in [0.3, 0.4) is 0 Å². The van der Waals surface area contributed by atoms with Crippen molar-refractivity contribution >= 4 is 11.4 Å². The molecule has 6 nitrogen and oxygen atoms in total. The maximum atomic E-state index is 10.9. The molecule has 1 saturated heterocycles. The Balaban J connectivity index is 2.03. The van der Waals surface area contributed by atoms with Crippen LogP contribution in [0.25, 0.3) is 0 Å². The summed E-state index contributed by atoms with van der Waals surface area (Å²) in [6.45, 7) is 4.11. The van der Waals surface area contributed by atoms with Crippen LogP contribution < -0.4 is 5.32 Å². The van der Waals surface area contributed by atoms with E-state index in [-0.39, 0.29) is 16.7 Å². The molecule has 1 atom stereocenters. The predicted molar refractivity (Wildman–Crippen MR) is 66.9 cm³/mol. The van der Waals surface area contributed by atoms with Crippen LogP contribution in [-0.2, 0) is 9.47 Å². The molecule has 0 aliphatic carbocycles. The number of ether oxygens (including phenoxy) is 2. The third-order valence-electron chi connectivity index (χ3n) is 2.75. The zero-order chi connectivity index (χ0) is 13.0. The van der Waals surface area contributed by atoms with Crippen LogP contribution in [-0.4, -0.2) is 37.4 Å². The summed E-state index contributed by atoms with van der Waals surface area (Å²) in [7, 11) is 0. The van der Waals surface area contributed by atoms with Gasteiger partial charge in [0.15, 0.2) is 0 Å². The van der Waals surface area contributed by atoms with Gasteiger partial charge in [0.2, 0.25) is 0 Å². The number of benzene rings is 1. The van der Waals surface area contributed by atoms with Gasteiger partial charge in [0.05, 0.1) is 30.8 Å². The van der Waals surface area contributed by atoms with E-state index >= 15 is 0 Å². The van der Waals surface area contributed by atoms with E-state index in [1.54, 1.807) is 12.1 Å². The summed E-state index contributed by atoms with van der Waals surface area (Å²) in [5.74, 6) is 0. The van der Waals surface area contributed by atoms with Gasteiger partial charge in [0, 0.05) is 12.6 Å². The zero-order valence-corrected chi connectivity index (χ0v) is 10.2. The maximum absolute atomic E-state index is 10.9. The third-order valence-corrected chi connectivity index (χ3v) is 2.75. The predicted octanol–water partition coefficient (Wildman–Crippen LogP) is 1.73. The Morgan fingerprint density at radius 3 is 3.00 bits per heavy atom. The van der Waals surface area contributed by atoms with E-state index in [0.29, 0.717) is 32.1 Å². The van der Waals surface area contributed by atoms with Gasteiger partial charge in [-0.2, -0.15) is 0 Å². The average molecular weight is 252 g/mol. The number of nitrogens with one attached hydrogen (secondary N) is 1. The molecule has 1 heterocycles. The first-order valence-electron chi connectivity index (χ1n) is 5.85. The summed E-state index contributed by atoms with van der Waals surface area (Å²) in [5, 5.41) is 14.0. The molecule has 0 radical (unpaired) electrons. The van der Waals surface area contributed by atoms with Gasteiger partial charge in [-0.25, -0.2) is 0 Å². The number of hydrogen-bond donors (Lipinski definition) is 1. The lowest BCUT2D eigenvalue weighted by Crippen LogP contribution is -2.34. The van der Waals surface area contributed by atoms with E-state index in [1.165, 1.54) is 6.07 Å². The number of hydrogen-bond acceptors (Lipinski definition) is 5. The molecule has 1 N–H and O–H groups in total. The van der Waals surface area contributed by atoms with Crippen LogP contribution in [0.5, 0.6) is 0 Å². The molecule has 1 aliphatic heterocycles. The minimum absolute atomic E-state index is 0.0566. The van der Waals surface area contributed by atoms with Gasteiger partial charge in [-0.05, 0) is 18.6 Å². The highest BCUT2D eigenvalue weighted by Crippen LogP contribution is 2.25. The van der Waals surface area contributed by atoms with Crippen molar-refractivity contribution in [3.63, 3.8) is 0 Å². The van der Waals surface area contributed by atoms with E-state index in [1.807, 2.05) is 6.92 Å². The van der Waals surface area contributed by atoms with Crippen molar-refractivity contribution in [1.82, 2.24) is 0 Å². The van der Waals surface area contributed by atoms with Crippen molar-refractivity contribution in [2.45, 2.75) is 13.0 Å². The Morgan fingerprint density at radius 1 is 1.50 bits per heavy atom. The Kier molecular flexibility index (Phi) is 4.11. The monoisotopic (exact) mass is 252 g/mol. The fourth-order valence-corrected chi connectivity index (χ4v) is 1.83. The molecule has 1 fully saturated rings. The van der Waals surface area contributed by atoms with Gasteiger partial charge < -0.3 is 14.8 Å². The molecule has 1 aromatic carbocycles. The number of nitro benzene ring substituents is 1. The minimum atomic E-state index is -0.389. The second-order valence-corrected chi connectivity index (χ2v) is 4.23. The van der Waals surface area contributed by atoms with Gasteiger partial charge in [0.25, 0.3) is 5.69 Å². The topological polar surface area (TPSA) is 73.6 Å². The van der Waals surface area contributed by atoms with Gasteiger partial charge in [-0.1, -0.05) is 6.07 Å². The summed E-state index contributed by atoms with van der Waals surface area (Å²) in [5.41, 5.74) is 1.58. The lowest BCUT2D eigenvalue weighted by molar-refractivity contribution is -0.384. The number of nitrogens with zero attached hydrogens (tertiary/aromatic N) is 1. The molecular formula is C12H16N2O4. The standard InChI is InChI=1S/C12H16N2O4/c1-9-2-3-12(14(15)16)11(6-9)13-7-10-8-17-4-5-18-10/h2-3,6,10,13H,4-5,7-8H2,1H3. The second-order valence-electron chi connectivity index (χ2n) is 4.23. The first-order valence-corrected chi connectivity index (χ1v) is 5.85. The van der Waals surface area contributed by atoms with Crippen LogP contribution in [0.4, 0.5) is 11.4 Å². The SMILES string of the molecule is Cc1ccc([N+](=O)[O-])c(NCC2COCCO2)c1. The van der Waals surface area contributed by atoms with Crippen molar-refractivity contribution in [2.24, 2.45) is 0 Å². The highest BCUT2D eigenvalue weighted by atomic mass is 16.6. The molecule has 6 heteroatoms.